The number of phenols is 1. The molecule has 6 nitrogen and oxygen atoms in total. The highest BCUT2D eigenvalue weighted by Crippen LogP contribution is 2.31. The molecule has 6 heteroatoms. The molecule has 1 saturated heterocycles. The molecule has 1 aromatic carbocycles. The monoisotopic (exact) mass is 222 g/mol. The van der Waals surface area contributed by atoms with Crippen molar-refractivity contribution in [2.24, 2.45) is 0 Å². The van der Waals surface area contributed by atoms with E-state index in [0.717, 1.165) is 5.56 Å². The van der Waals surface area contributed by atoms with E-state index in [-0.39, 0.29) is 23.3 Å². The third-order valence-corrected chi connectivity index (χ3v) is 2.64. The maximum Gasteiger partial charge on any atom is 0.310 e. The summed E-state index contributed by atoms with van der Waals surface area (Å²) in [6.07, 6.45) is 0.358. The number of nitrogens with zero attached hydrogens (tertiary/aromatic N) is 1. The fourth-order valence-corrected chi connectivity index (χ4v) is 1.79. The lowest BCUT2D eigenvalue weighted by Gasteiger charge is -2.07. The maximum absolute atomic E-state index is 11.0. The van der Waals surface area contributed by atoms with Crippen LogP contribution >= 0.6 is 0 Å². The molecule has 0 bridgehead atoms. The van der Waals surface area contributed by atoms with Crippen LogP contribution < -0.4 is 5.32 Å². The first-order chi connectivity index (χ1) is 7.58. The molecule has 1 fully saturated rings. The van der Waals surface area contributed by atoms with Crippen molar-refractivity contribution in [3.63, 3.8) is 0 Å². The minimum Gasteiger partial charge on any atom is -0.502 e. The van der Waals surface area contributed by atoms with Crippen LogP contribution in [0.4, 0.5) is 5.69 Å². The molecule has 2 N–H and O–H groups in total. The van der Waals surface area contributed by atoms with Crippen molar-refractivity contribution in [2.45, 2.75) is 12.3 Å². The maximum atomic E-state index is 11.0. The molecular weight excluding hydrogens is 212 g/mol. The molecule has 0 spiro atoms. The number of carbonyl (C=O) groups excluding carboxylic acids is 1. The number of benzene rings is 1. The van der Waals surface area contributed by atoms with Crippen LogP contribution in [0.5, 0.6) is 5.75 Å². The Bertz CT molecular complexity index is 458. The second kappa shape index (κ2) is 3.80. The Morgan fingerprint density at radius 1 is 1.50 bits per heavy atom. The lowest BCUT2D eigenvalue weighted by Crippen LogP contribution is -2.13. The number of nitro groups is 1. The number of amides is 1. The first kappa shape index (κ1) is 10.4. The van der Waals surface area contributed by atoms with Gasteiger partial charge in [-0.3, -0.25) is 14.9 Å². The van der Waals surface area contributed by atoms with Gasteiger partial charge in [0.15, 0.2) is 5.75 Å². The van der Waals surface area contributed by atoms with Gasteiger partial charge in [0.2, 0.25) is 5.91 Å². The van der Waals surface area contributed by atoms with Gasteiger partial charge in [0.05, 0.1) is 4.92 Å². The molecule has 1 aliphatic heterocycles. The molecule has 1 aliphatic rings. The van der Waals surface area contributed by atoms with Gasteiger partial charge in [-0.25, -0.2) is 0 Å². The highest BCUT2D eigenvalue weighted by Gasteiger charge is 2.24. The van der Waals surface area contributed by atoms with E-state index in [1.807, 2.05) is 0 Å². The number of aromatic hydroxyl groups is 1. The molecule has 0 aliphatic carbocycles. The van der Waals surface area contributed by atoms with Crippen LogP contribution in [0.25, 0.3) is 0 Å². The van der Waals surface area contributed by atoms with Crippen LogP contribution in [-0.4, -0.2) is 22.5 Å². The molecule has 0 aromatic heterocycles. The molecule has 0 saturated carbocycles. The average Bonchev–Trinajstić information content (AvgIpc) is 2.64. The van der Waals surface area contributed by atoms with E-state index >= 15 is 0 Å². The lowest BCUT2D eigenvalue weighted by atomic mass is 9.98. The number of hydrogen-bond acceptors (Lipinski definition) is 4. The second-order valence-corrected chi connectivity index (χ2v) is 3.71. The molecule has 1 aromatic rings. The number of carbonyl (C=O) groups is 1. The summed E-state index contributed by atoms with van der Waals surface area (Å²) in [6.45, 7) is 0.510. The van der Waals surface area contributed by atoms with E-state index in [0.29, 0.717) is 13.0 Å². The summed E-state index contributed by atoms with van der Waals surface area (Å²) in [6, 6.07) is 4.18. The van der Waals surface area contributed by atoms with Gasteiger partial charge >= 0.3 is 5.69 Å². The van der Waals surface area contributed by atoms with E-state index in [4.69, 9.17) is 0 Å². The summed E-state index contributed by atoms with van der Waals surface area (Å²) in [7, 11) is 0. The van der Waals surface area contributed by atoms with E-state index in [1.165, 1.54) is 12.1 Å². The zero-order chi connectivity index (χ0) is 11.7. The Hall–Kier alpha value is -2.11. The second-order valence-electron chi connectivity index (χ2n) is 3.71. The average molecular weight is 222 g/mol. The summed E-state index contributed by atoms with van der Waals surface area (Å²) < 4.78 is 0. The van der Waals surface area contributed by atoms with Crippen LogP contribution in [0.1, 0.15) is 17.9 Å². The van der Waals surface area contributed by atoms with Gasteiger partial charge in [0.25, 0.3) is 0 Å². The molecule has 1 amide bonds. The number of nitrogens with one attached hydrogen (secondary N) is 1. The van der Waals surface area contributed by atoms with Crippen molar-refractivity contribution in [3.05, 3.63) is 33.9 Å². The van der Waals surface area contributed by atoms with Crippen molar-refractivity contribution in [1.82, 2.24) is 5.32 Å². The van der Waals surface area contributed by atoms with Gasteiger partial charge in [-0.1, -0.05) is 6.07 Å². The zero-order valence-corrected chi connectivity index (χ0v) is 8.34. The molecule has 16 heavy (non-hydrogen) atoms. The summed E-state index contributed by atoms with van der Waals surface area (Å²) >= 11 is 0. The standard InChI is InChI=1S/C10H10N2O4/c13-9-3-6(1-2-8(9)12(15)16)7-4-10(14)11-5-7/h1-3,7,13H,4-5H2,(H,11,14). The zero-order valence-electron chi connectivity index (χ0n) is 8.34. The molecule has 1 atom stereocenters. The van der Waals surface area contributed by atoms with E-state index in [1.54, 1.807) is 6.07 Å². The van der Waals surface area contributed by atoms with Crippen LogP contribution in [-0.2, 0) is 4.79 Å². The van der Waals surface area contributed by atoms with E-state index in [2.05, 4.69) is 5.32 Å². The Morgan fingerprint density at radius 3 is 2.75 bits per heavy atom. The van der Waals surface area contributed by atoms with E-state index < -0.39 is 4.92 Å². The fourth-order valence-electron chi connectivity index (χ4n) is 1.79. The summed E-state index contributed by atoms with van der Waals surface area (Å²) in [5.74, 6) is -0.413. The first-order valence-corrected chi connectivity index (χ1v) is 4.82. The van der Waals surface area contributed by atoms with Crippen molar-refractivity contribution in [1.29, 1.82) is 0 Å². The Morgan fingerprint density at radius 2 is 2.25 bits per heavy atom. The predicted molar refractivity (Wildman–Crippen MR) is 55.1 cm³/mol. The van der Waals surface area contributed by atoms with Crippen LogP contribution in [0.2, 0.25) is 0 Å². The molecule has 2 rings (SSSR count). The van der Waals surface area contributed by atoms with Crippen molar-refractivity contribution < 1.29 is 14.8 Å². The van der Waals surface area contributed by atoms with Crippen molar-refractivity contribution in [2.75, 3.05) is 6.54 Å². The molecule has 1 unspecified atom stereocenters. The van der Waals surface area contributed by atoms with Crippen molar-refractivity contribution >= 4 is 11.6 Å². The minimum absolute atomic E-state index is 0.0146. The molecule has 1 heterocycles. The van der Waals surface area contributed by atoms with Gasteiger partial charge < -0.3 is 10.4 Å². The Labute approximate surface area is 91.0 Å². The number of hydrogen-bond donors (Lipinski definition) is 2. The van der Waals surface area contributed by atoms with Gasteiger partial charge in [0, 0.05) is 24.9 Å². The first-order valence-electron chi connectivity index (χ1n) is 4.82. The summed E-state index contributed by atoms with van der Waals surface area (Å²) in [4.78, 5) is 20.8. The van der Waals surface area contributed by atoms with Gasteiger partial charge in [0.1, 0.15) is 0 Å². The topological polar surface area (TPSA) is 92.5 Å². The number of nitro benzene ring substituents is 1. The number of phenolic OH excluding ortho intramolecular Hbond substituents is 1. The van der Waals surface area contributed by atoms with Crippen LogP contribution in [0.3, 0.4) is 0 Å². The quantitative estimate of drug-likeness (QED) is 0.574. The third kappa shape index (κ3) is 1.81. The lowest BCUT2D eigenvalue weighted by molar-refractivity contribution is -0.385. The SMILES string of the molecule is O=C1CC(c2ccc([N+](=O)[O-])c(O)c2)CN1. The fraction of sp³-hybridized carbons (Fsp3) is 0.300. The molecule has 84 valence electrons. The van der Waals surface area contributed by atoms with E-state index in [9.17, 15) is 20.0 Å². The Balaban J connectivity index is 2.27. The Kier molecular flexibility index (Phi) is 2.47. The van der Waals surface area contributed by atoms with Crippen LogP contribution in [0.15, 0.2) is 18.2 Å². The van der Waals surface area contributed by atoms with Gasteiger partial charge in [-0.15, -0.1) is 0 Å². The van der Waals surface area contributed by atoms with Crippen LogP contribution in [0, 0.1) is 10.1 Å². The summed E-state index contributed by atoms with van der Waals surface area (Å²) in [5.41, 5.74) is 0.419. The number of rotatable bonds is 2. The minimum atomic E-state index is -0.642. The van der Waals surface area contributed by atoms with Crippen molar-refractivity contribution in [3.8, 4) is 5.75 Å². The summed E-state index contributed by atoms with van der Waals surface area (Å²) in [5, 5.41) is 22.6. The van der Waals surface area contributed by atoms with Gasteiger partial charge in [-0.2, -0.15) is 0 Å². The highest BCUT2D eigenvalue weighted by molar-refractivity contribution is 5.79. The normalized spacial score (nSPS) is 19.5. The molecule has 0 radical (unpaired) electrons. The van der Waals surface area contributed by atoms with Gasteiger partial charge in [-0.05, 0) is 11.6 Å². The third-order valence-electron chi connectivity index (χ3n) is 2.64. The smallest absolute Gasteiger partial charge is 0.310 e. The largest absolute Gasteiger partial charge is 0.502 e. The highest BCUT2D eigenvalue weighted by atomic mass is 16.6. The molecular formula is C10H10N2O4. The predicted octanol–water partition coefficient (Wildman–Crippen LogP) is 0.904.